The normalized spacial score (nSPS) is 12.1. The number of nitrogens with one attached hydrogen (secondary N) is 1. The molecule has 0 aromatic rings. The Balaban J connectivity index is 3.12. The van der Waals surface area contributed by atoms with Crippen LogP contribution in [0.1, 0.15) is 89.9 Å². The molecule has 0 aromatic carbocycles. The third-order valence-corrected chi connectivity index (χ3v) is 4.79. The molecule has 0 rings (SSSR count). The Morgan fingerprint density at radius 1 is 0.800 bits per heavy atom. The minimum Gasteiger partial charge on any atom is -0.481 e. The number of unbranched alkanes of at least 4 members (excludes halogenated alkanes) is 12. The molecular weight excluding hydrogens is 336 g/mol. The number of carbonyl (C=O) groups is 2. The van der Waals surface area contributed by atoms with Gasteiger partial charge in [-0.15, -0.1) is 0 Å². The van der Waals surface area contributed by atoms with E-state index in [1.54, 1.807) is 0 Å². The number of thiol groups is 1. The predicted octanol–water partition coefficient (Wildman–Crippen LogP) is 3.91. The lowest BCUT2D eigenvalue weighted by atomic mass is 10.0. The van der Waals surface area contributed by atoms with Crippen molar-refractivity contribution in [3.05, 3.63) is 0 Å². The van der Waals surface area contributed by atoms with Crippen molar-refractivity contribution in [3.63, 3.8) is 0 Å². The van der Waals surface area contributed by atoms with Crippen molar-refractivity contribution in [1.82, 2.24) is 5.32 Å². The van der Waals surface area contributed by atoms with E-state index in [4.69, 9.17) is 10.8 Å². The van der Waals surface area contributed by atoms with Crippen LogP contribution in [0, 0.1) is 0 Å². The Kier molecular flexibility index (Phi) is 17.5. The van der Waals surface area contributed by atoms with Gasteiger partial charge in [0, 0.05) is 18.7 Å². The predicted molar refractivity (Wildman–Crippen MR) is 107 cm³/mol. The Labute approximate surface area is 158 Å². The molecule has 0 bridgehead atoms. The van der Waals surface area contributed by atoms with Crippen molar-refractivity contribution in [2.45, 2.75) is 95.9 Å². The lowest BCUT2D eigenvalue weighted by Crippen LogP contribution is -2.42. The summed E-state index contributed by atoms with van der Waals surface area (Å²) in [4.78, 5) is 21.8. The number of nitrogens with two attached hydrogens (primary N) is 1. The SMILES string of the molecule is NC(CS)C(=O)NCCCCCCCCCCCCCCCC(=O)O. The van der Waals surface area contributed by atoms with Crippen LogP contribution in [0.15, 0.2) is 0 Å². The zero-order valence-corrected chi connectivity index (χ0v) is 16.6. The molecule has 0 aliphatic carbocycles. The number of rotatable bonds is 18. The summed E-state index contributed by atoms with van der Waals surface area (Å²) in [5.74, 6) is -0.393. The fraction of sp³-hybridized carbons (Fsp3) is 0.895. The van der Waals surface area contributed by atoms with E-state index >= 15 is 0 Å². The van der Waals surface area contributed by atoms with E-state index in [9.17, 15) is 9.59 Å². The van der Waals surface area contributed by atoms with Crippen LogP contribution in [0.2, 0.25) is 0 Å². The van der Waals surface area contributed by atoms with Gasteiger partial charge in [-0.25, -0.2) is 0 Å². The summed E-state index contributed by atoms with van der Waals surface area (Å²) in [5, 5.41) is 11.4. The zero-order valence-electron chi connectivity index (χ0n) is 15.7. The van der Waals surface area contributed by atoms with E-state index in [0.717, 1.165) is 25.7 Å². The third-order valence-electron chi connectivity index (χ3n) is 4.40. The van der Waals surface area contributed by atoms with Crippen LogP contribution in [-0.4, -0.2) is 35.3 Å². The summed E-state index contributed by atoms with van der Waals surface area (Å²) in [6.07, 6.45) is 15.8. The maximum Gasteiger partial charge on any atom is 0.303 e. The van der Waals surface area contributed by atoms with E-state index < -0.39 is 12.0 Å². The first-order valence-electron chi connectivity index (χ1n) is 9.94. The Bertz CT molecular complexity index is 341. The highest BCUT2D eigenvalue weighted by atomic mass is 32.1. The van der Waals surface area contributed by atoms with E-state index in [1.165, 1.54) is 57.8 Å². The molecule has 6 heteroatoms. The maximum atomic E-state index is 11.4. The number of carboxylic acid groups (broad SMARTS) is 1. The second-order valence-electron chi connectivity index (χ2n) is 6.82. The highest BCUT2D eigenvalue weighted by Gasteiger charge is 2.09. The van der Waals surface area contributed by atoms with E-state index in [1.807, 2.05) is 0 Å². The monoisotopic (exact) mass is 374 g/mol. The lowest BCUT2D eigenvalue weighted by molar-refractivity contribution is -0.137. The first-order valence-corrected chi connectivity index (χ1v) is 10.6. The number of hydrogen-bond acceptors (Lipinski definition) is 4. The molecule has 0 radical (unpaired) electrons. The molecule has 0 aliphatic heterocycles. The molecular formula is C19H38N2O3S. The van der Waals surface area contributed by atoms with Crippen LogP contribution < -0.4 is 11.1 Å². The largest absolute Gasteiger partial charge is 0.481 e. The van der Waals surface area contributed by atoms with Gasteiger partial charge in [-0.1, -0.05) is 70.6 Å². The number of aliphatic carboxylic acids is 1. The zero-order chi connectivity index (χ0) is 18.8. The van der Waals surface area contributed by atoms with Gasteiger partial charge in [-0.3, -0.25) is 9.59 Å². The van der Waals surface area contributed by atoms with Gasteiger partial charge in [-0.2, -0.15) is 12.6 Å². The summed E-state index contributed by atoms with van der Waals surface area (Å²) in [7, 11) is 0. The van der Waals surface area contributed by atoms with Gasteiger partial charge in [-0.05, 0) is 12.8 Å². The summed E-state index contributed by atoms with van der Waals surface area (Å²) >= 11 is 4.01. The number of carboxylic acids is 1. The lowest BCUT2D eigenvalue weighted by Gasteiger charge is -2.09. The van der Waals surface area contributed by atoms with Gasteiger partial charge in [0.25, 0.3) is 0 Å². The fourth-order valence-electron chi connectivity index (χ4n) is 2.77. The molecule has 0 aliphatic rings. The third kappa shape index (κ3) is 17.9. The van der Waals surface area contributed by atoms with Crippen molar-refractivity contribution in [2.75, 3.05) is 12.3 Å². The quantitative estimate of drug-likeness (QED) is 0.216. The number of hydrogen-bond donors (Lipinski definition) is 4. The smallest absolute Gasteiger partial charge is 0.303 e. The highest BCUT2D eigenvalue weighted by molar-refractivity contribution is 7.80. The summed E-state index contributed by atoms with van der Waals surface area (Å²) in [6, 6.07) is -0.493. The summed E-state index contributed by atoms with van der Waals surface area (Å²) in [5.41, 5.74) is 5.58. The van der Waals surface area contributed by atoms with Gasteiger partial charge < -0.3 is 16.2 Å². The molecule has 25 heavy (non-hydrogen) atoms. The average molecular weight is 375 g/mol. The Morgan fingerprint density at radius 3 is 1.60 bits per heavy atom. The van der Waals surface area contributed by atoms with Gasteiger partial charge in [0.05, 0.1) is 6.04 Å². The van der Waals surface area contributed by atoms with E-state index in [2.05, 4.69) is 17.9 Å². The fourth-order valence-corrected chi connectivity index (χ4v) is 2.94. The van der Waals surface area contributed by atoms with Crippen LogP contribution in [0.3, 0.4) is 0 Å². The second-order valence-corrected chi connectivity index (χ2v) is 7.19. The summed E-state index contributed by atoms with van der Waals surface area (Å²) < 4.78 is 0. The minimum absolute atomic E-state index is 0.100. The van der Waals surface area contributed by atoms with Crippen LogP contribution >= 0.6 is 12.6 Å². The van der Waals surface area contributed by atoms with Crippen LogP contribution in [0.5, 0.6) is 0 Å². The van der Waals surface area contributed by atoms with Crippen molar-refractivity contribution in [1.29, 1.82) is 0 Å². The van der Waals surface area contributed by atoms with Crippen LogP contribution in [-0.2, 0) is 9.59 Å². The molecule has 0 spiro atoms. The molecule has 0 aromatic heterocycles. The standard InChI is InChI=1S/C19H38N2O3S/c20-17(16-25)19(24)21-15-13-11-9-7-5-3-1-2-4-6-8-10-12-14-18(22)23/h17,25H,1-16,20H2,(H,21,24)(H,22,23). The molecule has 1 unspecified atom stereocenters. The highest BCUT2D eigenvalue weighted by Crippen LogP contribution is 2.12. The molecule has 148 valence electrons. The minimum atomic E-state index is -0.678. The van der Waals surface area contributed by atoms with Crippen molar-refractivity contribution >= 4 is 24.5 Å². The van der Waals surface area contributed by atoms with E-state index in [0.29, 0.717) is 18.7 Å². The molecule has 0 saturated carbocycles. The van der Waals surface area contributed by atoms with Crippen molar-refractivity contribution in [3.8, 4) is 0 Å². The van der Waals surface area contributed by atoms with Crippen molar-refractivity contribution < 1.29 is 14.7 Å². The molecule has 0 saturated heterocycles. The van der Waals surface area contributed by atoms with Gasteiger partial charge in [0.15, 0.2) is 0 Å². The first-order chi connectivity index (χ1) is 12.1. The van der Waals surface area contributed by atoms with E-state index in [-0.39, 0.29) is 5.91 Å². The van der Waals surface area contributed by atoms with Gasteiger partial charge in [0.1, 0.15) is 0 Å². The Hall–Kier alpha value is -0.750. The van der Waals surface area contributed by atoms with Gasteiger partial charge >= 0.3 is 5.97 Å². The Morgan fingerprint density at radius 2 is 1.20 bits per heavy atom. The molecule has 0 fully saturated rings. The van der Waals surface area contributed by atoms with Crippen molar-refractivity contribution in [2.24, 2.45) is 5.73 Å². The molecule has 5 nitrogen and oxygen atoms in total. The second kappa shape index (κ2) is 18.1. The molecule has 1 atom stereocenters. The molecule has 1 amide bonds. The maximum absolute atomic E-state index is 11.4. The number of carbonyl (C=O) groups excluding carboxylic acids is 1. The first kappa shape index (κ1) is 24.2. The number of amides is 1. The summed E-state index contributed by atoms with van der Waals surface area (Å²) in [6.45, 7) is 0.715. The topological polar surface area (TPSA) is 92.4 Å². The van der Waals surface area contributed by atoms with Crippen LogP contribution in [0.4, 0.5) is 0 Å². The van der Waals surface area contributed by atoms with Crippen LogP contribution in [0.25, 0.3) is 0 Å². The van der Waals surface area contributed by atoms with Gasteiger partial charge in [0.2, 0.25) is 5.91 Å². The average Bonchev–Trinajstić information content (AvgIpc) is 2.60. The molecule has 0 heterocycles. The molecule has 4 N–H and O–H groups in total.